The third kappa shape index (κ3) is 9.05. The zero-order valence-electron chi connectivity index (χ0n) is 18.5. The van der Waals surface area contributed by atoms with Crippen LogP contribution in [-0.4, -0.2) is 57.8 Å². The van der Waals surface area contributed by atoms with Crippen molar-refractivity contribution in [3.8, 4) is 0 Å². The molecule has 0 spiro atoms. The van der Waals surface area contributed by atoms with Gasteiger partial charge in [0, 0.05) is 39.3 Å². The highest BCUT2D eigenvalue weighted by molar-refractivity contribution is 14.0. The molecule has 9 heteroatoms. The Morgan fingerprint density at radius 2 is 1.69 bits per heavy atom. The molecule has 7 nitrogen and oxygen atoms in total. The minimum Gasteiger partial charge on any atom is -0.355 e. The summed E-state index contributed by atoms with van der Waals surface area (Å²) >= 11 is 0. The smallest absolute Gasteiger partial charge is 0.213 e. The van der Waals surface area contributed by atoms with Gasteiger partial charge in [0.15, 0.2) is 5.96 Å². The summed E-state index contributed by atoms with van der Waals surface area (Å²) < 4.78 is 27.1. The molecule has 1 aliphatic heterocycles. The van der Waals surface area contributed by atoms with Crippen LogP contribution in [0.3, 0.4) is 0 Å². The van der Waals surface area contributed by atoms with Crippen LogP contribution in [-0.2, 0) is 23.1 Å². The van der Waals surface area contributed by atoms with Crippen molar-refractivity contribution in [1.82, 2.24) is 20.3 Å². The van der Waals surface area contributed by atoms with Crippen molar-refractivity contribution in [2.24, 2.45) is 4.99 Å². The molecule has 0 aliphatic carbocycles. The Balaban J connectivity index is 0.00000363. The van der Waals surface area contributed by atoms with E-state index in [0.29, 0.717) is 25.1 Å². The van der Waals surface area contributed by atoms with Gasteiger partial charge in [0.25, 0.3) is 0 Å². The molecule has 0 radical (unpaired) electrons. The zero-order chi connectivity index (χ0) is 21.9. The van der Waals surface area contributed by atoms with Crippen molar-refractivity contribution in [2.75, 3.05) is 32.4 Å². The van der Waals surface area contributed by atoms with Crippen molar-refractivity contribution >= 4 is 40.0 Å². The van der Waals surface area contributed by atoms with Gasteiger partial charge >= 0.3 is 0 Å². The second-order valence-corrected chi connectivity index (χ2v) is 9.68. The van der Waals surface area contributed by atoms with Crippen LogP contribution in [0, 0.1) is 0 Å². The molecule has 1 heterocycles. The fourth-order valence-corrected chi connectivity index (χ4v) is 4.65. The maximum atomic E-state index is 12.2. The predicted molar refractivity (Wildman–Crippen MR) is 142 cm³/mol. The van der Waals surface area contributed by atoms with Crippen molar-refractivity contribution in [1.29, 1.82) is 0 Å². The summed E-state index contributed by atoms with van der Waals surface area (Å²) in [7, 11) is -1.66. The molecule has 1 saturated heterocycles. The number of halogens is 1. The van der Waals surface area contributed by atoms with Crippen LogP contribution in [0.4, 0.5) is 0 Å². The third-order valence-corrected chi connectivity index (χ3v) is 6.78. The first-order chi connectivity index (χ1) is 15.1. The summed E-state index contributed by atoms with van der Waals surface area (Å²) in [6.07, 6.45) is 2.34. The second-order valence-electron chi connectivity index (χ2n) is 7.76. The molecule has 2 aromatic rings. The van der Waals surface area contributed by atoms with Crippen LogP contribution in [0.15, 0.2) is 65.7 Å². The van der Waals surface area contributed by atoms with Crippen molar-refractivity contribution in [2.45, 2.75) is 32.0 Å². The number of likely N-dealkylation sites (tertiary alicyclic amines) is 1. The molecule has 0 bridgehead atoms. The fraction of sp³-hybridized carbons (Fsp3) is 0.435. The molecule has 1 fully saturated rings. The maximum Gasteiger partial charge on any atom is 0.213 e. The molecule has 1 aliphatic rings. The van der Waals surface area contributed by atoms with Gasteiger partial charge in [0.05, 0.1) is 5.75 Å². The number of nitrogens with zero attached hydrogens (tertiary/aromatic N) is 2. The van der Waals surface area contributed by atoms with Gasteiger partial charge in [-0.25, -0.2) is 13.1 Å². The largest absolute Gasteiger partial charge is 0.355 e. The third-order valence-electron chi connectivity index (χ3n) is 5.46. The lowest BCUT2D eigenvalue weighted by molar-refractivity contribution is 0.245. The van der Waals surface area contributed by atoms with Crippen molar-refractivity contribution in [3.63, 3.8) is 0 Å². The number of hydrogen-bond acceptors (Lipinski definition) is 4. The average molecular weight is 572 g/mol. The van der Waals surface area contributed by atoms with Gasteiger partial charge < -0.3 is 10.6 Å². The van der Waals surface area contributed by atoms with Gasteiger partial charge in [-0.15, -0.1) is 24.0 Å². The highest BCUT2D eigenvalue weighted by Crippen LogP contribution is 2.19. The van der Waals surface area contributed by atoms with E-state index in [-0.39, 0.29) is 29.7 Å². The molecule has 3 N–H and O–H groups in total. The van der Waals surface area contributed by atoms with Crippen LogP contribution < -0.4 is 15.4 Å². The summed E-state index contributed by atoms with van der Waals surface area (Å²) in [5.41, 5.74) is 2.26. The quantitative estimate of drug-likeness (QED) is 0.232. The van der Waals surface area contributed by atoms with E-state index in [4.69, 9.17) is 0 Å². The molecule has 3 rings (SSSR count). The minimum atomic E-state index is -3.36. The lowest BCUT2D eigenvalue weighted by Crippen LogP contribution is -2.46. The van der Waals surface area contributed by atoms with E-state index in [2.05, 4.69) is 49.5 Å². The van der Waals surface area contributed by atoms with Crippen molar-refractivity contribution < 1.29 is 8.42 Å². The van der Waals surface area contributed by atoms with Gasteiger partial charge in [0.1, 0.15) is 0 Å². The van der Waals surface area contributed by atoms with Crippen LogP contribution in [0.1, 0.15) is 24.0 Å². The van der Waals surface area contributed by atoms with Gasteiger partial charge in [0.2, 0.25) is 10.0 Å². The normalized spacial score (nSPS) is 17.0. The molecule has 1 unspecified atom stereocenters. The van der Waals surface area contributed by atoms with E-state index in [1.54, 1.807) is 7.05 Å². The minimum absolute atomic E-state index is 0. The maximum absolute atomic E-state index is 12.2. The summed E-state index contributed by atoms with van der Waals surface area (Å²) in [5, 5.41) is 6.47. The number of nitrogens with one attached hydrogen (secondary N) is 3. The molecule has 0 aromatic heterocycles. The molecule has 0 saturated carbocycles. The number of benzene rings is 2. The van der Waals surface area contributed by atoms with E-state index in [1.165, 1.54) is 12.0 Å². The van der Waals surface area contributed by atoms with Gasteiger partial charge in [-0.05, 0) is 30.5 Å². The lowest BCUT2D eigenvalue weighted by Gasteiger charge is -2.25. The summed E-state index contributed by atoms with van der Waals surface area (Å²) in [4.78, 5) is 6.73. The lowest BCUT2D eigenvalue weighted by atomic mass is 10.2. The number of aliphatic imine (C=N–C) groups is 1. The molecule has 1 atom stereocenters. The molecule has 2 aromatic carbocycles. The van der Waals surface area contributed by atoms with E-state index in [9.17, 15) is 8.42 Å². The van der Waals surface area contributed by atoms with E-state index < -0.39 is 10.0 Å². The number of rotatable bonds is 10. The molecule has 32 heavy (non-hydrogen) atoms. The molecular weight excluding hydrogens is 537 g/mol. The number of guanidine groups is 1. The zero-order valence-corrected chi connectivity index (χ0v) is 21.7. The second kappa shape index (κ2) is 13.8. The Kier molecular flexibility index (Phi) is 11.4. The van der Waals surface area contributed by atoms with Crippen LogP contribution >= 0.6 is 24.0 Å². The Labute approximate surface area is 209 Å². The highest BCUT2D eigenvalue weighted by atomic mass is 127. The van der Waals surface area contributed by atoms with E-state index >= 15 is 0 Å². The van der Waals surface area contributed by atoms with Gasteiger partial charge in [-0.3, -0.25) is 9.89 Å². The Bertz CT molecular complexity index is 926. The standard InChI is InChI=1S/C23H33N5O2S.HI/c1-24-23(25-14-16-31(29,30)27-17-20-9-4-2-5-10-20)26-18-22-13-8-15-28(22)19-21-11-6-3-7-12-21;/h2-7,9-12,22,27H,8,13-19H2,1H3,(H2,24,25,26);1H. The van der Waals surface area contributed by atoms with Crippen LogP contribution in [0.5, 0.6) is 0 Å². The SMILES string of the molecule is CN=C(NCCS(=O)(=O)NCc1ccccc1)NCC1CCCN1Cc1ccccc1.I. The first-order valence-corrected chi connectivity index (χ1v) is 12.4. The van der Waals surface area contributed by atoms with E-state index in [1.807, 2.05) is 36.4 Å². The first kappa shape index (κ1) is 26.6. The molecule has 0 amide bonds. The van der Waals surface area contributed by atoms with Crippen LogP contribution in [0.2, 0.25) is 0 Å². The fourth-order valence-electron chi connectivity index (χ4n) is 3.75. The molecule has 176 valence electrons. The van der Waals surface area contributed by atoms with Crippen LogP contribution in [0.25, 0.3) is 0 Å². The Hall–Kier alpha value is -1.69. The molecular formula is C23H34IN5O2S. The van der Waals surface area contributed by atoms with Gasteiger partial charge in [-0.1, -0.05) is 60.7 Å². The van der Waals surface area contributed by atoms with Crippen molar-refractivity contribution in [3.05, 3.63) is 71.8 Å². The topological polar surface area (TPSA) is 85.8 Å². The first-order valence-electron chi connectivity index (χ1n) is 10.8. The summed E-state index contributed by atoms with van der Waals surface area (Å²) in [6.45, 7) is 3.42. The summed E-state index contributed by atoms with van der Waals surface area (Å²) in [6, 6.07) is 20.5. The number of sulfonamides is 1. The highest BCUT2D eigenvalue weighted by Gasteiger charge is 2.24. The van der Waals surface area contributed by atoms with E-state index in [0.717, 1.165) is 31.6 Å². The monoisotopic (exact) mass is 571 g/mol. The predicted octanol–water partition coefficient (Wildman–Crippen LogP) is 2.55. The Morgan fingerprint density at radius 3 is 2.34 bits per heavy atom. The Morgan fingerprint density at radius 1 is 1.03 bits per heavy atom. The average Bonchev–Trinajstić information content (AvgIpc) is 3.23. The number of hydrogen-bond donors (Lipinski definition) is 3. The van der Waals surface area contributed by atoms with Gasteiger partial charge in [-0.2, -0.15) is 0 Å². The summed E-state index contributed by atoms with van der Waals surface area (Å²) in [5.74, 6) is 0.620.